The predicted molar refractivity (Wildman–Crippen MR) is 90.2 cm³/mol. The van der Waals surface area contributed by atoms with Gasteiger partial charge in [-0.3, -0.25) is 9.59 Å². The van der Waals surface area contributed by atoms with E-state index >= 15 is 0 Å². The van der Waals surface area contributed by atoms with E-state index in [9.17, 15) is 18.4 Å². The molecule has 4 nitrogen and oxygen atoms in total. The second-order valence-corrected chi connectivity index (χ2v) is 5.84. The van der Waals surface area contributed by atoms with E-state index in [0.717, 1.165) is 28.8 Å². The van der Waals surface area contributed by atoms with E-state index in [4.69, 9.17) is 4.74 Å². The molecule has 1 atom stereocenters. The van der Waals surface area contributed by atoms with Gasteiger partial charge in [0, 0.05) is 6.07 Å². The Morgan fingerprint density at radius 3 is 2.44 bits per heavy atom. The Hall–Kier alpha value is -2.76. The number of ether oxygens (including phenoxy) is 1. The van der Waals surface area contributed by atoms with Crippen LogP contribution < -0.4 is 5.32 Å². The van der Waals surface area contributed by atoms with E-state index in [1.165, 1.54) is 6.92 Å². The summed E-state index contributed by atoms with van der Waals surface area (Å²) in [6, 6.07) is 8.40. The monoisotopic (exact) mass is 347 g/mol. The van der Waals surface area contributed by atoms with Crippen LogP contribution in [-0.2, 0) is 20.7 Å². The summed E-state index contributed by atoms with van der Waals surface area (Å²) in [6.45, 7) is 5.30. The molecule has 2 rings (SSSR count). The van der Waals surface area contributed by atoms with Gasteiger partial charge in [0.15, 0.2) is 6.10 Å². The minimum absolute atomic E-state index is 0.0314. The highest BCUT2D eigenvalue weighted by atomic mass is 19.1. The standard InChI is InChI=1S/C19H19F2NO3/c1-11-4-5-14(8-12(11)2)9-18(23)25-13(3)19(24)22-17-7-6-15(20)10-16(17)21/h4-8,10,13H,9H2,1-3H3,(H,22,24)/t13-/m1/s1. The second-order valence-electron chi connectivity index (χ2n) is 5.84. The first-order valence-electron chi connectivity index (χ1n) is 7.78. The highest BCUT2D eigenvalue weighted by Gasteiger charge is 2.19. The third kappa shape index (κ3) is 5.11. The number of hydrogen-bond acceptors (Lipinski definition) is 3. The summed E-state index contributed by atoms with van der Waals surface area (Å²) < 4.78 is 31.5. The molecule has 0 aliphatic heterocycles. The predicted octanol–water partition coefficient (Wildman–Crippen LogP) is 3.69. The van der Waals surface area contributed by atoms with Crippen LogP contribution in [0.3, 0.4) is 0 Å². The van der Waals surface area contributed by atoms with Crippen LogP contribution in [0, 0.1) is 25.5 Å². The van der Waals surface area contributed by atoms with Crippen LogP contribution >= 0.6 is 0 Å². The van der Waals surface area contributed by atoms with E-state index in [-0.39, 0.29) is 12.1 Å². The minimum Gasteiger partial charge on any atom is -0.452 e. The lowest BCUT2D eigenvalue weighted by atomic mass is 10.0. The van der Waals surface area contributed by atoms with Gasteiger partial charge in [-0.2, -0.15) is 0 Å². The molecule has 132 valence electrons. The van der Waals surface area contributed by atoms with E-state index < -0.39 is 29.6 Å². The fourth-order valence-electron chi connectivity index (χ4n) is 2.20. The molecule has 0 radical (unpaired) electrons. The molecule has 6 heteroatoms. The largest absolute Gasteiger partial charge is 0.452 e. The number of anilines is 1. The third-order valence-corrected chi connectivity index (χ3v) is 3.79. The maximum atomic E-state index is 13.5. The van der Waals surface area contributed by atoms with Crippen LogP contribution in [0.15, 0.2) is 36.4 Å². The van der Waals surface area contributed by atoms with E-state index in [2.05, 4.69) is 5.32 Å². The highest BCUT2D eigenvalue weighted by molar-refractivity contribution is 5.95. The van der Waals surface area contributed by atoms with E-state index in [0.29, 0.717) is 6.07 Å². The topological polar surface area (TPSA) is 55.4 Å². The molecule has 1 amide bonds. The maximum Gasteiger partial charge on any atom is 0.311 e. The Bertz CT molecular complexity index is 805. The molecule has 0 saturated heterocycles. The molecule has 2 aromatic carbocycles. The summed E-state index contributed by atoms with van der Waals surface area (Å²) in [5, 5.41) is 2.27. The van der Waals surface area contributed by atoms with Gasteiger partial charge in [-0.05, 0) is 49.6 Å². The number of amides is 1. The number of nitrogens with one attached hydrogen (secondary N) is 1. The molecule has 1 N–H and O–H groups in total. The Labute approximate surface area is 144 Å². The molecular weight excluding hydrogens is 328 g/mol. The van der Waals surface area contributed by atoms with Gasteiger partial charge < -0.3 is 10.1 Å². The van der Waals surface area contributed by atoms with Crippen molar-refractivity contribution in [3.8, 4) is 0 Å². The number of hydrogen-bond donors (Lipinski definition) is 1. The zero-order valence-electron chi connectivity index (χ0n) is 14.2. The third-order valence-electron chi connectivity index (χ3n) is 3.79. The van der Waals surface area contributed by atoms with Gasteiger partial charge in [0.25, 0.3) is 5.91 Å². The van der Waals surface area contributed by atoms with Crippen molar-refractivity contribution in [2.24, 2.45) is 0 Å². The summed E-state index contributed by atoms with van der Waals surface area (Å²) in [6.07, 6.45) is -1.08. The molecule has 0 bridgehead atoms. The van der Waals surface area contributed by atoms with Crippen LogP contribution in [0.2, 0.25) is 0 Å². The summed E-state index contributed by atoms with van der Waals surface area (Å²) in [7, 11) is 0. The van der Waals surface area contributed by atoms with Crippen molar-refractivity contribution in [3.05, 3.63) is 64.7 Å². The zero-order chi connectivity index (χ0) is 18.6. The minimum atomic E-state index is -1.11. The highest BCUT2D eigenvalue weighted by Crippen LogP contribution is 2.16. The fourth-order valence-corrected chi connectivity index (χ4v) is 2.20. The van der Waals surface area contributed by atoms with Crippen molar-refractivity contribution in [1.29, 1.82) is 0 Å². The normalized spacial score (nSPS) is 11.7. The first-order valence-corrected chi connectivity index (χ1v) is 7.78. The lowest BCUT2D eigenvalue weighted by Crippen LogP contribution is -2.30. The number of carbonyl (C=O) groups is 2. The Kier molecular flexibility index (Phi) is 5.85. The van der Waals surface area contributed by atoms with Crippen LogP contribution in [0.25, 0.3) is 0 Å². The lowest BCUT2D eigenvalue weighted by Gasteiger charge is -2.14. The van der Waals surface area contributed by atoms with Gasteiger partial charge in [-0.15, -0.1) is 0 Å². The van der Waals surface area contributed by atoms with Gasteiger partial charge >= 0.3 is 5.97 Å². The van der Waals surface area contributed by atoms with Crippen LogP contribution in [-0.4, -0.2) is 18.0 Å². The van der Waals surface area contributed by atoms with E-state index in [1.54, 1.807) is 0 Å². The van der Waals surface area contributed by atoms with Crippen LogP contribution in [0.5, 0.6) is 0 Å². The van der Waals surface area contributed by atoms with Crippen LogP contribution in [0.4, 0.5) is 14.5 Å². The molecule has 0 saturated carbocycles. The Morgan fingerprint density at radius 1 is 1.08 bits per heavy atom. The number of halogens is 2. The second kappa shape index (κ2) is 7.88. The molecule has 0 aromatic heterocycles. The summed E-state index contributed by atoms with van der Waals surface area (Å²) in [5.74, 6) is -2.91. The smallest absolute Gasteiger partial charge is 0.311 e. The van der Waals surface area contributed by atoms with Gasteiger partial charge in [-0.25, -0.2) is 8.78 Å². The molecule has 0 aliphatic carbocycles. The van der Waals surface area contributed by atoms with Crippen molar-refractivity contribution in [1.82, 2.24) is 0 Å². The number of benzene rings is 2. The quantitative estimate of drug-likeness (QED) is 0.839. The molecule has 0 heterocycles. The average Bonchev–Trinajstić information content (AvgIpc) is 2.53. The fraction of sp³-hybridized carbons (Fsp3) is 0.263. The number of aryl methyl sites for hydroxylation is 2. The number of carbonyl (C=O) groups excluding carboxylic acids is 2. The molecule has 0 spiro atoms. The zero-order valence-corrected chi connectivity index (χ0v) is 14.2. The van der Waals surface area contributed by atoms with E-state index in [1.807, 2.05) is 32.0 Å². The van der Waals surface area contributed by atoms with Crippen molar-refractivity contribution in [2.45, 2.75) is 33.3 Å². The number of esters is 1. The summed E-state index contributed by atoms with van der Waals surface area (Å²) in [5.41, 5.74) is 2.78. The van der Waals surface area contributed by atoms with Gasteiger partial charge in [0.2, 0.25) is 0 Å². The van der Waals surface area contributed by atoms with Crippen molar-refractivity contribution in [2.75, 3.05) is 5.32 Å². The Balaban J connectivity index is 1.93. The average molecular weight is 347 g/mol. The molecule has 2 aromatic rings. The Morgan fingerprint density at radius 2 is 1.80 bits per heavy atom. The van der Waals surface area contributed by atoms with Gasteiger partial charge in [0.1, 0.15) is 11.6 Å². The van der Waals surface area contributed by atoms with Gasteiger partial charge in [-0.1, -0.05) is 18.2 Å². The summed E-state index contributed by atoms with van der Waals surface area (Å²) >= 11 is 0. The first-order chi connectivity index (χ1) is 11.8. The summed E-state index contributed by atoms with van der Waals surface area (Å²) in [4.78, 5) is 23.9. The van der Waals surface area contributed by atoms with Crippen LogP contribution in [0.1, 0.15) is 23.6 Å². The molecule has 0 unspecified atom stereocenters. The maximum absolute atomic E-state index is 13.5. The number of rotatable bonds is 5. The molecule has 0 fully saturated rings. The SMILES string of the molecule is Cc1ccc(CC(=O)O[C@H](C)C(=O)Nc2ccc(F)cc2F)cc1C. The van der Waals surface area contributed by atoms with Gasteiger partial charge in [0.05, 0.1) is 12.1 Å². The lowest BCUT2D eigenvalue weighted by molar-refractivity contribution is -0.152. The van der Waals surface area contributed by atoms with Crippen molar-refractivity contribution in [3.63, 3.8) is 0 Å². The molecule has 25 heavy (non-hydrogen) atoms. The van der Waals surface area contributed by atoms with Crippen molar-refractivity contribution >= 4 is 17.6 Å². The van der Waals surface area contributed by atoms with Crippen molar-refractivity contribution < 1.29 is 23.1 Å². The molecule has 0 aliphatic rings. The molecular formula is C19H19F2NO3. The first kappa shape index (κ1) is 18.6.